The molecule has 124 valence electrons. The molecule has 3 heterocycles. The van der Waals surface area contributed by atoms with Crippen LogP contribution in [0.25, 0.3) is 10.2 Å². The maximum atomic E-state index is 11.8. The number of hydrogen-bond acceptors (Lipinski definition) is 4. The van der Waals surface area contributed by atoms with E-state index in [0.717, 1.165) is 38.0 Å². The van der Waals surface area contributed by atoms with Crippen LogP contribution in [0.3, 0.4) is 0 Å². The first-order valence-electron chi connectivity index (χ1n) is 8.41. The van der Waals surface area contributed by atoms with E-state index in [1.807, 2.05) is 11.7 Å². The zero-order valence-electron chi connectivity index (χ0n) is 13.8. The van der Waals surface area contributed by atoms with Gasteiger partial charge in [-0.05, 0) is 55.1 Å². The van der Waals surface area contributed by atoms with Crippen molar-refractivity contribution in [1.82, 2.24) is 14.5 Å². The summed E-state index contributed by atoms with van der Waals surface area (Å²) in [4.78, 5) is 18.8. The van der Waals surface area contributed by atoms with Gasteiger partial charge in [-0.1, -0.05) is 12.1 Å². The minimum Gasteiger partial charge on any atom is -0.319 e. The number of aryl methyl sites for hydroxylation is 1. The van der Waals surface area contributed by atoms with Crippen LogP contribution in [-0.2, 0) is 13.6 Å². The third-order valence-corrected chi connectivity index (χ3v) is 5.94. The van der Waals surface area contributed by atoms with E-state index in [4.69, 9.17) is 0 Å². The molecule has 0 saturated carbocycles. The number of benzene rings is 1. The fraction of sp³-hybridized carbons (Fsp3) is 0.368. The van der Waals surface area contributed by atoms with E-state index >= 15 is 0 Å². The Kier molecular flexibility index (Phi) is 4.21. The minimum absolute atomic E-state index is 0.0896. The highest BCUT2D eigenvalue weighted by molar-refractivity contribution is 7.16. The molecule has 4 rings (SSSR count). The Hall–Kier alpha value is -1.98. The highest BCUT2D eigenvalue weighted by atomic mass is 32.1. The number of pyridine rings is 1. The van der Waals surface area contributed by atoms with Gasteiger partial charge in [0.25, 0.3) is 5.56 Å². The fourth-order valence-electron chi connectivity index (χ4n) is 3.55. The minimum atomic E-state index is 0.0896. The van der Waals surface area contributed by atoms with Gasteiger partial charge in [0.15, 0.2) is 0 Å². The summed E-state index contributed by atoms with van der Waals surface area (Å²) in [6.07, 6.45) is 4.12. The summed E-state index contributed by atoms with van der Waals surface area (Å²) in [5.74, 6) is 0.509. The van der Waals surface area contributed by atoms with E-state index in [0.29, 0.717) is 5.92 Å². The standard InChI is InChI=1S/C19H21N3OS/c1-21-8-5-15(11-18(21)23)14-6-9-22(10-7-14)12-16-3-2-4-17-19(16)24-13-20-17/h2-5,8,11,13-14H,6-7,9-10,12H2,1H3. The van der Waals surface area contributed by atoms with Crippen LogP contribution < -0.4 is 5.56 Å². The topological polar surface area (TPSA) is 38.1 Å². The highest BCUT2D eigenvalue weighted by Gasteiger charge is 2.21. The number of aromatic nitrogens is 2. The Morgan fingerprint density at radius 2 is 2.08 bits per heavy atom. The smallest absolute Gasteiger partial charge is 0.250 e. The van der Waals surface area contributed by atoms with Crippen LogP contribution in [0.4, 0.5) is 0 Å². The van der Waals surface area contributed by atoms with Crippen LogP contribution in [-0.4, -0.2) is 27.5 Å². The molecular weight excluding hydrogens is 318 g/mol. The summed E-state index contributed by atoms with van der Waals surface area (Å²) in [5, 5.41) is 0. The molecule has 3 aromatic rings. The molecule has 24 heavy (non-hydrogen) atoms. The van der Waals surface area contributed by atoms with E-state index < -0.39 is 0 Å². The van der Waals surface area contributed by atoms with Gasteiger partial charge in [-0.15, -0.1) is 11.3 Å². The molecule has 1 aliphatic heterocycles. The summed E-state index contributed by atoms with van der Waals surface area (Å²) in [7, 11) is 1.80. The summed E-state index contributed by atoms with van der Waals surface area (Å²) >= 11 is 1.73. The van der Waals surface area contributed by atoms with Crippen LogP contribution >= 0.6 is 11.3 Å². The molecule has 0 unspecified atom stereocenters. The first-order chi connectivity index (χ1) is 11.7. The highest BCUT2D eigenvalue weighted by Crippen LogP contribution is 2.29. The molecule has 0 bridgehead atoms. The second-order valence-electron chi connectivity index (χ2n) is 6.58. The number of thiazole rings is 1. The van der Waals surface area contributed by atoms with Crippen molar-refractivity contribution in [1.29, 1.82) is 0 Å². The monoisotopic (exact) mass is 339 g/mol. The number of rotatable bonds is 3. The largest absolute Gasteiger partial charge is 0.319 e. The third kappa shape index (κ3) is 3.01. The molecule has 1 fully saturated rings. The lowest BCUT2D eigenvalue weighted by Gasteiger charge is -2.32. The van der Waals surface area contributed by atoms with Crippen molar-refractivity contribution in [2.24, 2.45) is 7.05 Å². The normalized spacial score (nSPS) is 16.7. The van der Waals surface area contributed by atoms with Crippen molar-refractivity contribution < 1.29 is 0 Å². The molecule has 0 spiro atoms. The van der Waals surface area contributed by atoms with E-state index in [-0.39, 0.29) is 5.56 Å². The maximum Gasteiger partial charge on any atom is 0.250 e. The lowest BCUT2D eigenvalue weighted by atomic mass is 9.90. The first-order valence-corrected chi connectivity index (χ1v) is 9.29. The van der Waals surface area contributed by atoms with Crippen LogP contribution in [0.1, 0.15) is 29.9 Å². The second kappa shape index (κ2) is 6.49. The van der Waals surface area contributed by atoms with Crippen LogP contribution in [0.5, 0.6) is 0 Å². The Morgan fingerprint density at radius 1 is 1.25 bits per heavy atom. The van der Waals surface area contributed by atoms with Gasteiger partial charge in [0.2, 0.25) is 0 Å². The molecule has 0 N–H and O–H groups in total. The van der Waals surface area contributed by atoms with Crippen molar-refractivity contribution in [3.63, 3.8) is 0 Å². The number of nitrogens with zero attached hydrogens (tertiary/aromatic N) is 3. The van der Waals surface area contributed by atoms with Crippen molar-refractivity contribution >= 4 is 21.6 Å². The summed E-state index contributed by atoms with van der Waals surface area (Å²) < 4.78 is 2.94. The fourth-order valence-corrected chi connectivity index (χ4v) is 4.35. The first kappa shape index (κ1) is 15.5. The molecule has 0 aliphatic carbocycles. The Balaban J connectivity index is 1.43. The quantitative estimate of drug-likeness (QED) is 0.734. The van der Waals surface area contributed by atoms with Gasteiger partial charge in [0, 0.05) is 25.9 Å². The van der Waals surface area contributed by atoms with E-state index in [1.54, 1.807) is 29.0 Å². The molecule has 0 atom stereocenters. The molecule has 4 nitrogen and oxygen atoms in total. The van der Waals surface area contributed by atoms with Gasteiger partial charge >= 0.3 is 0 Å². The van der Waals surface area contributed by atoms with Crippen LogP contribution in [0.15, 0.2) is 46.8 Å². The number of fused-ring (bicyclic) bond motifs is 1. The molecule has 5 heteroatoms. The second-order valence-corrected chi connectivity index (χ2v) is 7.43. The van der Waals surface area contributed by atoms with Crippen molar-refractivity contribution in [3.05, 3.63) is 63.5 Å². The molecule has 0 radical (unpaired) electrons. The Labute approximate surface area is 145 Å². The van der Waals surface area contributed by atoms with Crippen molar-refractivity contribution in [3.8, 4) is 0 Å². The van der Waals surface area contributed by atoms with Crippen LogP contribution in [0, 0.1) is 0 Å². The van der Waals surface area contributed by atoms with Gasteiger partial charge in [0.05, 0.1) is 15.7 Å². The number of piperidine rings is 1. The van der Waals surface area contributed by atoms with E-state index in [2.05, 4.69) is 34.1 Å². The summed E-state index contributed by atoms with van der Waals surface area (Å²) in [6.45, 7) is 3.15. The average Bonchev–Trinajstić information content (AvgIpc) is 3.08. The van der Waals surface area contributed by atoms with Gasteiger partial charge in [-0.2, -0.15) is 0 Å². The Bertz CT molecular complexity index is 906. The SMILES string of the molecule is Cn1ccc(C2CCN(Cc3cccc4ncsc34)CC2)cc1=O. The predicted molar refractivity (Wildman–Crippen MR) is 98.6 cm³/mol. The summed E-state index contributed by atoms with van der Waals surface area (Å²) in [6, 6.07) is 10.3. The third-order valence-electron chi connectivity index (χ3n) is 5.02. The molecule has 0 amide bonds. The predicted octanol–water partition coefficient (Wildman–Crippen LogP) is 3.37. The zero-order valence-corrected chi connectivity index (χ0v) is 14.6. The zero-order chi connectivity index (χ0) is 16.5. The molecule has 2 aromatic heterocycles. The van der Waals surface area contributed by atoms with Crippen molar-refractivity contribution in [2.45, 2.75) is 25.3 Å². The van der Waals surface area contributed by atoms with Gasteiger partial charge in [-0.3, -0.25) is 9.69 Å². The summed E-state index contributed by atoms with van der Waals surface area (Å²) in [5.41, 5.74) is 5.69. The van der Waals surface area contributed by atoms with Gasteiger partial charge in [-0.25, -0.2) is 4.98 Å². The molecule has 1 aliphatic rings. The van der Waals surface area contributed by atoms with Crippen molar-refractivity contribution in [2.75, 3.05) is 13.1 Å². The number of likely N-dealkylation sites (tertiary alicyclic amines) is 1. The Morgan fingerprint density at radius 3 is 2.88 bits per heavy atom. The van der Waals surface area contributed by atoms with E-state index in [9.17, 15) is 4.79 Å². The van der Waals surface area contributed by atoms with E-state index in [1.165, 1.54) is 15.8 Å². The molecular formula is C19H21N3OS. The lowest BCUT2D eigenvalue weighted by molar-refractivity contribution is 0.205. The lowest BCUT2D eigenvalue weighted by Crippen LogP contribution is -2.32. The van der Waals surface area contributed by atoms with Crippen LogP contribution in [0.2, 0.25) is 0 Å². The average molecular weight is 339 g/mol. The number of hydrogen-bond donors (Lipinski definition) is 0. The molecule has 1 saturated heterocycles. The van der Waals surface area contributed by atoms with Gasteiger partial charge in [0.1, 0.15) is 0 Å². The molecule has 1 aromatic carbocycles. The van der Waals surface area contributed by atoms with Gasteiger partial charge < -0.3 is 4.57 Å². The maximum absolute atomic E-state index is 11.8.